The summed E-state index contributed by atoms with van der Waals surface area (Å²) in [6.45, 7) is 11.1. The number of hydrogen-bond acceptors (Lipinski definition) is 2. The standard InChI is InChI=1S/C9H15BrO2/c1-6(2)7(11)12-8(10)9(3,4)5/h8H,1H2,2-5H3. The first kappa shape index (κ1) is 11.7. The van der Waals surface area contributed by atoms with Gasteiger partial charge in [0.25, 0.3) is 0 Å². The van der Waals surface area contributed by atoms with Crippen LogP contribution < -0.4 is 0 Å². The lowest BCUT2D eigenvalue weighted by Crippen LogP contribution is -2.26. The molecule has 0 aromatic carbocycles. The number of carbonyl (C=O) groups is 1. The second kappa shape index (κ2) is 4.08. The minimum atomic E-state index is -0.355. The Morgan fingerprint density at radius 1 is 1.50 bits per heavy atom. The summed E-state index contributed by atoms with van der Waals surface area (Å²) in [4.78, 5) is 11.0. The fourth-order valence-electron chi connectivity index (χ4n) is 0.371. The normalized spacial score (nSPS) is 13.8. The van der Waals surface area contributed by atoms with Crippen LogP contribution in [0, 0.1) is 5.41 Å². The summed E-state index contributed by atoms with van der Waals surface area (Å²) >= 11 is 3.28. The van der Waals surface area contributed by atoms with Crippen LogP contribution in [0.2, 0.25) is 0 Å². The molecular weight excluding hydrogens is 220 g/mol. The smallest absolute Gasteiger partial charge is 0.334 e. The Hall–Kier alpha value is -0.310. The van der Waals surface area contributed by atoms with Gasteiger partial charge in [-0.05, 0) is 22.9 Å². The van der Waals surface area contributed by atoms with E-state index in [1.54, 1.807) is 6.92 Å². The van der Waals surface area contributed by atoms with E-state index >= 15 is 0 Å². The molecule has 0 rings (SSSR count). The molecule has 0 radical (unpaired) electrons. The third kappa shape index (κ3) is 3.90. The summed E-state index contributed by atoms with van der Waals surface area (Å²) in [5, 5.41) is -0.269. The maximum atomic E-state index is 11.0. The quantitative estimate of drug-likeness (QED) is 0.418. The monoisotopic (exact) mass is 234 g/mol. The van der Waals surface area contributed by atoms with Crippen molar-refractivity contribution in [3.8, 4) is 0 Å². The number of rotatable bonds is 2. The molecule has 0 aliphatic heterocycles. The zero-order valence-corrected chi connectivity index (χ0v) is 9.56. The van der Waals surface area contributed by atoms with Crippen molar-refractivity contribution in [2.45, 2.75) is 32.7 Å². The van der Waals surface area contributed by atoms with E-state index in [9.17, 15) is 4.79 Å². The third-order valence-electron chi connectivity index (χ3n) is 1.24. The lowest BCUT2D eigenvalue weighted by atomic mass is 9.98. The molecule has 2 nitrogen and oxygen atoms in total. The highest BCUT2D eigenvalue weighted by Gasteiger charge is 2.25. The molecule has 1 atom stereocenters. The van der Waals surface area contributed by atoms with Crippen molar-refractivity contribution >= 4 is 21.9 Å². The molecule has 0 bridgehead atoms. The highest BCUT2D eigenvalue weighted by atomic mass is 79.9. The van der Waals surface area contributed by atoms with Gasteiger partial charge in [0.2, 0.25) is 0 Å². The van der Waals surface area contributed by atoms with E-state index in [2.05, 4.69) is 22.5 Å². The van der Waals surface area contributed by atoms with E-state index in [1.165, 1.54) is 0 Å². The lowest BCUT2D eigenvalue weighted by molar-refractivity contribution is -0.143. The predicted molar refractivity (Wildman–Crippen MR) is 53.1 cm³/mol. The number of esters is 1. The Kier molecular flexibility index (Phi) is 3.97. The van der Waals surface area contributed by atoms with Crippen LogP contribution in [0.3, 0.4) is 0 Å². The van der Waals surface area contributed by atoms with Gasteiger partial charge in [-0.2, -0.15) is 0 Å². The molecule has 0 aliphatic carbocycles. The van der Waals surface area contributed by atoms with Gasteiger partial charge in [0, 0.05) is 11.0 Å². The van der Waals surface area contributed by atoms with Crippen molar-refractivity contribution in [2.24, 2.45) is 5.41 Å². The van der Waals surface area contributed by atoms with Gasteiger partial charge in [0.15, 0.2) is 5.01 Å². The zero-order chi connectivity index (χ0) is 9.94. The number of carbonyl (C=O) groups excluding carboxylic acids is 1. The van der Waals surface area contributed by atoms with Crippen molar-refractivity contribution in [3.05, 3.63) is 12.2 Å². The van der Waals surface area contributed by atoms with Crippen molar-refractivity contribution < 1.29 is 9.53 Å². The predicted octanol–water partition coefficient (Wildman–Crippen LogP) is 2.87. The minimum Gasteiger partial charge on any atom is -0.447 e. The number of hydrogen-bond donors (Lipinski definition) is 0. The Labute approximate surface area is 82.1 Å². The number of alkyl halides is 1. The summed E-state index contributed by atoms with van der Waals surface area (Å²) in [5.41, 5.74) is 0.328. The number of ether oxygens (including phenoxy) is 1. The third-order valence-corrected chi connectivity index (χ3v) is 2.80. The van der Waals surface area contributed by atoms with Gasteiger partial charge in [0.05, 0.1) is 0 Å². The van der Waals surface area contributed by atoms with Crippen molar-refractivity contribution in [1.82, 2.24) is 0 Å². The summed E-state index contributed by atoms with van der Waals surface area (Å²) in [6.07, 6.45) is 0. The second-order valence-electron chi connectivity index (χ2n) is 3.87. The van der Waals surface area contributed by atoms with Crippen molar-refractivity contribution in [1.29, 1.82) is 0 Å². The average Bonchev–Trinajstić information content (AvgIpc) is 1.85. The molecule has 12 heavy (non-hydrogen) atoms. The number of halogens is 1. The molecule has 0 aliphatic rings. The molecule has 0 aromatic heterocycles. The van der Waals surface area contributed by atoms with E-state index < -0.39 is 0 Å². The maximum absolute atomic E-state index is 11.0. The summed E-state index contributed by atoms with van der Waals surface area (Å²) in [7, 11) is 0. The molecular formula is C9H15BrO2. The topological polar surface area (TPSA) is 26.3 Å². The zero-order valence-electron chi connectivity index (χ0n) is 7.98. The fourth-order valence-corrected chi connectivity index (χ4v) is 0.541. The first-order valence-corrected chi connectivity index (χ1v) is 4.67. The van der Waals surface area contributed by atoms with Crippen LogP contribution in [0.1, 0.15) is 27.7 Å². The molecule has 0 aromatic rings. The molecule has 0 spiro atoms. The van der Waals surface area contributed by atoms with Crippen LogP contribution >= 0.6 is 15.9 Å². The first-order chi connectivity index (χ1) is 5.25. The molecule has 0 N–H and O–H groups in total. The van der Waals surface area contributed by atoms with Crippen LogP contribution in [0.5, 0.6) is 0 Å². The second-order valence-corrected chi connectivity index (χ2v) is 4.70. The molecule has 3 heteroatoms. The minimum absolute atomic E-state index is 0.0922. The molecule has 1 unspecified atom stereocenters. The van der Waals surface area contributed by atoms with Crippen LogP contribution in [0.25, 0.3) is 0 Å². The van der Waals surface area contributed by atoms with Gasteiger partial charge in [0.1, 0.15) is 0 Å². The van der Waals surface area contributed by atoms with Gasteiger partial charge >= 0.3 is 5.97 Å². The van der Waals surface area contributed by atoms with E-state index in [1.807, 2.05) is 20.8 Å². The molecule has 0 saturated heterocycles. The van der Waals surface area contributed by atoms with Crippen LogP contribution in [-0.4, -0.2) is 11.0 Å². The molecule has 0 heterocycles. The Morgan fingerprint density at radius 3 is 2.17 bits per heavy atom. The van der Waals surface area contributed by atoms with Crippen molar-refractivity contribution in [2.75, 3.05) is 0 Å². The van der Waals surface area contributed by atoms with Gasteiger partial charge in [-0.1, -0.05) is 27.4 Å². The molecule has 0 saturated carbocycles. The van der Waals surface area contributed by atoms with E-state index in [0.717, 1.165) is 0 Å². The Balaban J connectivity index is 4.11. The average molecular weight is 235 g/mol. The van der Waals surface area contributed by atoms with Gasteiger partial charge in [-0.3, -0.25) is 0 Å². The Morgan fingerprint density at radius 2 is 1.92 bits per heavy atom. The summed E-state index contributed by atoms with van der Waals surface area (Å²) < 4.78 is 5.05. The van der Waals surface area contributed by atoms with Gasteiger partial charge in [-0.15, -0.1) is 0 Å². The molecule has 0 amide bonds. The molecule has 0 fully saturated rings. The van der Waals surface area contributed by atoms with E-state index in [0.29, 0.717) is 5.57 Å². The fraction of sp³-hybridized carbons (Fsp3) is 0.667. The van der Waals surface area contributed by atoms with E-state index in [-0.39, 0.29) is 16.4 Å². The lowest BCUT2D eigenvalue weighted by Gasteiger charge is -2.25. The maximum Gasteiger partial charge on any atom is 0.334 e. The summed E-state index contributed by atoms with van der Waals surface area (Å²) in [6, 6.07) is 0. The van der Waals surface area contributed by atoms with Crippen molar-refractivity contribution in [3.63, 3.8) is 0 Å². The first-order valence-electron chi connectivity index (χ1n) is 3.75. The van der Waals surface area contributed by atoms with Crippen LogP contribution in [0.15, 0.2) is 12.2 Å². The van der Waals surface area contributed by atoms with Gasteiger partial charge in [-0.25, -0.2) is 4.79 Å². The highest BCUT2D eigenvalue weighted by molar-refractivity contribution is 9.09. The summed E-state index contributed by atoms with van der Waals surface area (Å²) in [5.74, 6) is -0.355. The van der Waals surface area contributed by atoms with Gasteiger partial charge < -0.3 is 4.74 Å². The highest BCUT2D eigenvalue weighted by Crippen LogP contribution is 2.27. The van der Waals surface area contributed by atoms with Crippen LogP contribution in [0.4, 0.5) is 0 Å². The van der Waals surface area contributed by atoms with E-state index in [4.69, 9.17) is 4.74 Å². The SMILES string of the molecule is C=C(C)C(=O)OC(Br)C(C)(C)C. The largest absolute Gasteiger partial charge is 0.447 e. The Bertz CT molecular complexity index is 191. The molecule has 70 valence electrons. The van der Waals surface area contributed by atoms with Crippen LogP contribution in [-0.2, 0) is 9.53 Å².